The molecule has 3 rings (SSSR count). The average molecular weight is 402 g/mol. The lowest BCUT2D eigenvalue weighted by Gasteiger charge is -2.07. The van der Waals surface area contributed by atoms with E-state index in [2.05, 4.69) is 10.5 Å². The quantitative estimate of drug-likeness (QED) is 0.280. The molecular formula is C24H22N2O4. The molecule has 30 heavy (non-hydrogen) atoms. The van der Waals surface area contributed by atoms with E-state index in [1.165, 1.54) is 6.21 Å². The number of amides is 1. The van der Waals surface area contributed by atoms with Crippen molar-refractivity contribution in [1.82, 2.24) is 5.43 Å². The van der Waals surface area contributed by atoms with E-state index in [0.29, 0.717) is 17.1 Å². The van der Waals surface area contributed by atoms with Gasteiger partial charge in [0.15, 0.2) is 6.61 Å². The summed E-state index contributed by atoms with van der Waals surface area (Å²) in [5.74, 6) is 0.317. The molecule has 3 aromatic rings. The van der Waals surface area contributed by atoms with Gasteiger partial charge in [-0.1, -0.05) is 36.4 Å². The summed E-state index contributed by atoms with van der Waals surface area (Å²) in [5.41, 5.74) is 5.49. The van der Waals surface area contributed by atoms with Crippen molar-refractivity contribution >= 4 is 18.1 Å². The molecule has 0 saturated heterocycles. The van der Waals surface area contributed by atoms with Crippen LogP contribution in [0.25, 0.3) is 0 Å². The summed E-state index contributed by atoms with van der Waals surface area (Å²) in [4.78, 5) is 24.1. The van der Waals surface area contributed by atoms with Crippen LogP contribution in [0.5, 0.6) is 11.5 Å². The summed E-state index contributed by atoms with van der Waals surface area (Å²) >= 11 is 0. The van der Waals surface area contributed by atoms with Crippen molar-refractivity contribution in [3.05, 3.63) is 95.1 Å². The van der Waals surface area contributed by atoms with E-state index < -0.39 is 5.97 Å². The summed E-state index contributed by atoms with van der Waals surface area (Å²) in [6.45, 7) is 3.64. The average Bonchev–Trinajstić information content (AvgIpc) is 2.74. The van der Waals surface area contributed by atoms with E-state index in [9.17, 15) is 9.59 Å². The number of hydrogen-bond acceptors (Lipinski definition) is 5. The summed E-state index contributed by atoms with van der Waals surface area (Å²) in [5, 5.41) is 3.91. The lowest BCUT2D eigenvalue weighted by atomic mass is 10.1. The van der Waals surface area contributed by atoms with Crippen molar-refractivity contribution < 1.29 is 19.1 Å². The number of para-hydroxylation sites is 1. The number of hydrazone groups is 1. The molecule has 0 aromatic heterocycles. The van der Waals surface area contributed by atoms with Crippen molar-refractivity contribution in [1.29, 1.82) is 0 Å². The number of hydrogen-bond donors (Lipinski definition) is 1. The largest absolute Gasteiger partial charge is 0.483 e. The predicted octanol–water partition coefficient (Wildman–Crippen LogP) is 4.05. The number of benzene rings is 3. The molecule has 6 nitrogen and oxygen atoms in total. The van der Waals surface area contributed by atoms with E-state index in [-0.39, 0.29) is 12.5 Å². The highest BCUT2D eigenvalue weighted by Gasteiger charge is 2.10. The zero-order chi connectivity index (χ0) is 21.3. The first-order valence-corrected chi connectivity index (χ1v) is 9.41. The van der Waals surface area contributed by atoms with Gasteiger partial charge < -0.3 is 9.47 Å². The normalized spacial score (nSPS) is 10.6. The summed E-state index contributed by atoms with van der Waals surface area (Å²) in [7, 11) is 0. The second-order valence-electron chi connectivity index (χ2n) is 6.62. The molecule has 0 heterocycles. The molecule has 1 N–H and O–H groups in total. The van der Waals surface area contributed by atoms with Crippen LogP contribution >= 0.6 is 0 Å². The topological polar surface area (TPSA) is 77.0 Å². The van der Waals surface area contributed by atoms with Gasteiger partial charge in [0, 0.05) is 0 Å². The first-order valence-electron chi connectivity index (χ1n) is 9.41. The van der Waals surface area contributed by atoms with Gasteiger partial charge in [-0.25, -0.2) is 10.2 Å². The van der Waals surface area contributed by atoms with Gasteiger partial charge in [-0.2, -0.15) is 5.10 Å². The molecule has 0 aliphatic carbocycles. The predicted molar refractivity (Wildman–Crippen MR) is 115 cm³/mol. The highest BCUT2D eigenvalue weighted by atomic mass is 16.5. The van der Waals surface area contributed by atoms with Gasteiger partial charge in [0.2, 0.25) is 0 Å². The highest BCUT2D eigenvalue weighted by molar-refractivity contribution is 5.92. The van der Waals surface area contributed by atoms with Gasteiger partial charge in [0.05, 0.1) is 11.8 Å². The van der Waals surface area contributed by atoms with Gasteiger partial charge >= 0.3 is 5.97 Å². The Bertz CT molecular complexity index is 1060. The molecule has 0 fully saturated rings. The lowest BCUT2D eigenvalue weighted by Crippen LogP contribution is -2.24. The maximum atomic E-state index is 12.2. The number of esters is 1. The third-order valence-electron chi connectivity index (χ3n) is 4.31. The van der Waals surface area contributed by atoms with E-state index in [4.69, 9.17) is 9.47 Å². The Balaban J connectivity index is 1.48. The van der Waals surface area contributed by atoms with Gasteiger partial charge in [-0.15, -0.1) is 0 Å². The Kier molecular flexibility index (Phi) is 6.95. The van der Waals surface area contributed by atoms with Gasteiger partial charge in [-0.3, -0.25) is 4.79 Å². The molecule has 1 amide bonds. The second-order valence-corrected chi connectivity index (χ2v) is 6.62. The molecular weight excluding hydrogens is 380 g/mol. The number of carbonyl (C=O) groups is 2. The van der Waals surface area contributed by atoms with Crippen molar-refractivity contribution in [2.45, 2.75) is 13.8 Å². The number of rotatable bonds is 7. The smallest absolute Gasteiger partial charge is 0.343 e. The monoisotopic (exact) mass is 402 g/mol. The Morgan fingerprint density at radius 3 is 2.27 bits per heavy atom. The fraction of sp³-hybridized carbons (Fsp3) is 0.125. The SMILES string of the molecule is Cc1ccccc1OCC(=O)N/N=C/c1ccc(OC(=O)c2ccccc2C)cc1. The number of ether oxygens (including phenoxy) is 2. The van der Waals surface area contributed by atoms with Crippen LogP contribution < -0.4 is 14.9 Å². The Morgan fingerprint density at radius 1 is 0.900 bits per heavy atom. The fourth-order valence-corrected chi connectivity index (χ4v) is 2.66. The number of nitrogens with zero attached hydrogens (tertiary/aromatic N) is 1. The first-order chi connectivity index (χ1) is 14.5. The second kappa shape index (κ2) is 10.0. The number of carbonyl (C=O) groups excluding carboxylic acids is 2. The van der Waals surface area contributed by atoms with Crippen LogP contribution in [0, 0.1) is 13.8 Å². The first kappa shape index (κ1) is 20.8. The third-order valence-corrected chi connectivity index (χ3v) is 4.31. The Labute approximate surface area is 175 Å². The minimum atomic E-state index is -0.407. The van der Waals surface area contributed by atoms with Crippen molar-refractivity contribution in [3.63, 3.8) is 0 Å². The van der Waals surface area contributed by atoms with Crippen molar-refractivity contribution in [2.75, 3.05) is 6.61 Å². The van der Waals surface area contributed by atoms with Crippen LogP contribution in [0.1, 0.15) is 27.0 Å². The maximum absolute atomic E-state index is 12.2. The van der Waals surface area contributed by atoms with Gasteiger partial charge in [0.1, 0.15) is 11.5 Å². The van der Waals surface area contributed by atoms with Crippen LogP contribution in [0.4, 0.5) is 0 Å². The fourth-order valence-electron chi connectivity index (χ4n) is 2.66. The van der Waals surface area contributed by atoms with E-state index in [1.54, 1.807) is 42.5 Å². The van der Waals surface area contributed by atoms with Crippen LogP contribution in [-0.2, 0) is 4.79 Å². The third kappa shape index (κ3) is 5.78. The number of aryl methyl sites for hydroxylation is 2. The summed E-state index contributed by atoms with van der Waals surface area (Å²) in [6.07, 6.45) is 1.50. The molecule has 0 saturated carbocycles. The molecule has 0 aliphatic heterocycles. The van der Waals surface area contributed by atoms with E-state index >= 15 is 0 Å². The Morgan fingerprint density at radius 2 is 1.57 bits per heavy atom. The molecule has 152 valence electrons. The molecule has 0 aliphatic rings. The summed E-state index contributed by atoms with van der Waals surface area (Å²) < 4.78 is 10.9. The van der Waals surface area contributed by atoms with Gasteiger partial charge in [0.25, 0.3) is 5.91 Å². The molecule has 0 radical (unpaired) electrons. The molecule has 3 aromatic carbocycles. The molecule has 0 bridgehead atoms. The summed E-state index contributed by atoms with van der Waals surface area (Å²) in [6, 6.07) is 21.5. The number of nitrogens with one attached hydrogen (secondary N) is 1. The van der Waals surface area contributed by atoms with E-state index in [1.807, 2.05) is 44.2 Å². The van der Waals surface area contributed by atoms with E-state index in [0.717, 1.165) is 16.7 Å². The zero-order valence-electron chi connectivity index (χ0n) is 16.8. The maximum Gasteiger partial charge on any atom is 0.343 e. The minimum absolute atomic E-state index is 0.129. The van der Waals surface area contributed by atoms with Crippen LogP contribution in [0.2, 0.25) is 0 Å². The van der Waals surface area contributed by atoms with Crippen molar-refractivity contribution in [2.24, 2.45) is 5.10 Å². The van der Waals surface area contributed by atoms with Crippen LogP contribution in [0.15, 0.2) is 77.9 Å². The zero-order valence-corrected chi connectivity index (χ0v) is 16.8. The minimum Gasteiger partial charge on any atom is -0.483 e. The van der Waals surface area contributed by atoms with Crippen LogP contribution in [-0.4, -0.2) is 24.7 Å². The standard InChI is InChI=1S/C24H22N2O4/c1-17-7-3-5-9-21(17)24(28)30-20-13-11-19(12-14-20)15-25-26-23(27)16-29-22-10-6-4-8-18(22)2/h3-15H,16H2,1-2H3,(H,26,27)/b25-15+. The highest BCUT2D eigenvalue weighted by Crippen LogP contribution is 2.16. The van der Waals surface area contributed by atoms with Crippen molar-refractivity contribution in [3.8, 4) is 11.5 Å². The molecule has 0 unspecified atom stereocenters. The lowest BCUT2D eigenvalue weighted by molar-refractivity contribution is -0.123. The molecule has 0 spiro atoms. The van der Waals surface area contributed by atoms with Crippen LogP contribution in [0.3, 0.4) is 0 Å². The molecule has 6 heteroatoms. The molecule has 0 atom stereocenters. The van der Waals surface area contributed by atoms with Gasteiger partial charge in [-0.05, 0) is 66.9 Å². The Hall–Kier alpha value is -3.93.